The molecular formula is C15H27N3O. The molecule has 19 heavy (non-hydrogen) atoms. The van der Waals surface area contributed by atoms with Crippen LogP contribution < -0.4 is 5.32 Å². The first-order valence-electron chi connectivity index (χ1n) is 8.05. The Morgan fingerprint density at radius 1 is 1.00 bits per heavy atom. The second-order valence-corrected chi connectivity index (χ2v) is 6.38. The second kappa shape index (κ2) is 6.23. The molecule has 0 aromatic rings. The quantitative estimate of drug-likeness (QED) is 0.826. The van der Waals surface area contributed by atoms with Crippen molar-refractivity contribution in [2.75, 3.05) is 39.3 Å². The Morgan fingerprint density at radius 3 is 2.32 bits per heavy atom. The van der Waals surface area contributed by atoms with Crippen LogP contribution in [0, 0.1) is 5.92 Å². The molecule has 1 N–H and O–H groups in total. The van der Waals surface area contributed by atoms with Gasteiger partial charge in [-0.05, 0) is 51.1 Å². The van der Waals surface area contributed by atoms with Gasteiger partial charge in [-0.25, -0.2) is 0 Å². The molecule has 108 valence electrons. The fraction of sp³-hybridized carbons (Fsp3) is 0.933. The van der Waals surface area contributed by atoms with Crippen molar-refractivity contribution in [2.24, 2.45) is 5.92 Å². The van der Waals surface area contributed by atoms with Gasteiger partial charge in [-0.2, -0.15) is 0 Å². The van der Waals surface area contributed by atoms with E-state index >= 15 is 0 Å². The van der Waals surface area contributed by atoms with Crippen molar-refractivity contribution < 1.29 is 4.79 Å². The Bertz CT molecular complexity index is 303. The maximum absolute atomic E-state index is 12.2. The van der Waals surface area contributed by atoms with Crippen molar-refractivity contribution in [3.05, 3.63) is 0 Å². The minimum Gasteiger partial charge on any atom is -0.340 e. The molecule has 4 nitrogen and oxygen atoms in total. The van der Waals surface area contributed by atoms with Gasteiger partial charge in [-0.3, -0.25) is 9.69 Å². The molecule has 0 unspecified atom stereocenters. The summed E-state index contributed by atoms with van der Waals surface area (Å²) < 4.78 is 0. The van der Waals surface area contributed by atoms with E-state index in [9.17, 15) is 4.79 Å². The summed E-state index contributed by atoms with van der Waals surface area (Å²) in [6.45, 7) is 6.40. The molecule has 0 aromatic carbocycles. The molecule has 0 atom stereocenters. The number of hydrogen-bond acceptors (Lipinski definition) is 3. The van der Waals surface area contributed by atoms with Crippen LogP contribution in [0.2, 0.25) is 0 Å². The number of piperidine rings is 1. The van der Waals surface area contributed by atoms with Crippen LogP contribution in [0.5, 0.6) is 0 Å². The average Bonchev–Trinajstić information content (AvgIpc) is 3.31. The van der Waals surface area contributed by atoms with Crippen LogP contribution in [0.4, 0.5) is 0 Å². The van der Waals surface area contributed by atoms with Crippen LogP contribution in [0.1, 0.15) is 38.5 Å². The van der Waals surface area contributed by atoms with E-state index in [0.29, 0.717) is 5.91 Å². The Labute approximate surface area is 116 Å². The van der Waals surface area contributed by atoms with Gasteiger partial charge < -0.3 is 10.2 Å². The number of nitrogens with one attached hydrogen (secondary N) is 1. The predicted octanol–water partition coefficient (Wildman–Crippen LogP) is 1.07. The van der Waals surface area contributed by atoms with Crippen molar-refractivity contribution in [3.63, 3.8) is 0 Å². The van der Waals surface area contributed by atoms with Crippen molar-refractivity contribution >= 4 is 5.91 Å². The van der Waals surface area contributed by atoms with Gasteiger partial charge in [0.25, 0.3) is 0 Å². The lowest BCUT2D eigenvalue weighted by molar-refractivity contribution is -0.133. The molecule has 1 aliphatic carbocycles. The highest BCUT2D eigenvalue weighted by atomic mass is 16.2. The molecule has 3 aliphatic rings. The third-order valence-electron chi connectivity index (χ3n) is 4.96. The maximum atomic E-state index is 12.2. The summed E-state index contributed by atoms with van der Waals surface area (Å²) in [7, 11) is 0. The van der Waals surface area contributed by atoms with Crippen molar-refractivity contribution in [1.29, 1.82) is 0 Å². The van der Waals surface area contributed by atoms with Crippen molar-refractivity contribution in [2.45, 2.75) is 44.6 Å². The molecule has 2 saturated heterocycles. The van der Waals surface area contributed by atoms with Crippen LogP contribution in [-0.2, 0) is 4.79 Å². The summed E-state index contributed by atoms with van der Waals surface area (Å²) in [5, 5.41) is 3.39. The van der Waals surface area contributed by atoms with Gasteiger partial charge in [0.15, 0.2) is 0 Å². The van der Waals surface area contributed by atoms with Gasteiger partial charge >= 0.3 is 0 Å². The fourth-order valence-electron chi connectivity index (χ4n) is 3.43. The third kappa shape index (κ3) is 3.69. The Kier molecular flexibility index (Phi) is 4.38. The summed E-state index contributed by atoms with van der Waals surface area (Å²) in [5.41, 5.74) is 0. The second-order valence-electron chi connectivity index (χ2n) is 6.38. The highest BCUT2D eigenvalue weighted by Crippen LogP contribution is 2.27. The van der Waals surface area contributed by atoms with Gasteiger partial charge in [-0.1, -0.05) is 0 Å². The molecule has 2 heterocycles. The van der Waals surface area contributed by atoms with Crippen LogP contribution in [0.25, 0.3) is 0 Å². The molecule has 3 rings (SSSR count). The minimum atomic E-state index is 0.397. The molecule has 0 aromatic heterocycles. The smallest absolute Gasteiger partial charge is 0.222 e. The average molecular weight is 265 g/mol. The molecule has 2 aliphatic heterocycles. The zero-order valence-corrected chi connectivity index (χ0v) is 11.9. The number of carbonyl (C=O) groups is 1. The molecule has 0 spiro atoms. The van der Waals surface area contributed by atoms with Crippen LogP contribution in [0.3, 0.4) is 0 Å². The summed E-state index contributed by atoms with van der Waals surface area (Å²) in [5.74, 6) is 1.17. The van der Waals surface area contributed by atoms with Gasteiger partial charge in [-0.15, -0.1) is 0 Å². The highest BCUT2D eigenvalue weighted by molar-refractivity contribution is 5.76. The summed E-state index contributed by atoms with van der Waals surface area (Å²) >= 11 is 0. The Hall–Kier alpha value is -0.610. The van der Waals surface area contributed by atoms with E-state index < -0.39 is 0 Å². The van der Waals surface area contributed by atoms with Crippen LogP contribution in [0.15, 0.2) is 0 Å². The topological polar surface area (TPSA) is 35.6 Å². The van der Waals surface area contributed by atoms with E-state index in [4.69, 9.17) is 0 Å². The van der Waals surface area contributed by atoms with Crippen LogP contribution >= 0.6 is 0 Å². The first-order valence-corrected chi connectivity index (χ1v) is 8.05. The predicted molar refractivity (Wildman–Crippen MR) is 76.0 cm³/mol. The molecule has 1 saturated carbocycles. The SMILES string of the molecule is O=C(CCC1CCNCC1)N1CCN(C2CC2)CC1. The molecule has 4 heteroatoms. The zero-order valence-electron chi connectivity index (χ0n) is 11.9. The third-order valence-corrected chi connectivity index (χ3v) is 4.96. The van der Waals surface area contributed by atoms with Gasteiger partial charge in [0, 0.05) is 38.6 Å². The monoisotopic (exact) mass is 265 g/mol. The molecule has 1 amide bonds. The molecule has 3 fully saturated rings. The summed E-state index contributed by atoms with van der Waals surface area (Å²) in [4.78, 5) is 16.9. The van der Waals surface area contributed by atoms with E-state index in [0.717, 1.165) is 64.1 Å². The molecule has 0 bridgehead atoms. The van der Waals surface area contributed by atoms with Crippen LogP contribution in [-0.4, -0.2) is 61.0 Å². The first kappa shape index (κ1) is 13.4. The van der Waals surface area contributed by atoms with E-state index in [2.05, 4.69) is 15.1 Å². The number of carbonyl (C=O) groups excluding carboxylic acids is 1. The van der Waals surface area contributed by atoms with E-state index in [1.807, 2.05) is 0 Å². The standard InChI is InChI=1S/C15H27N3O/c19-15(4-1-13-5-7-16-8-6-13)18-11-9-17(10-12-18)14-2-3-14/h13-14,16H,1-12H2. The largest absolute Gasteiger partial charge is 0.340 e. The lowest BCUT2D eigenvalue weighted by Gasteiger charge is -2.35. The van der Waals surface area contributed by atoms with E-state index in [1.54, 1.807) is 0 Å². The Morgan fingerprint density at radius 2 is 1.68 bits per heavy atom. The van der Waals surface area contributed by atoms with Crippen molar-refractivity contribution in [1.82, 2.24) is 15.1 Å². The van der Waals surface area contributed by atoms with Gasteiger partial charge in [0.1, 0.15) is 0 Å². The summed E-state index contributed by atoms with van der Waals surface area (Å²) in [6, 6.07) is 0.854. The number of hydrogen-bond donors (Lipinski definition) is 1. The van der Waals surface area contributed by atoms with Gasteiger partial charge in [0.2, 0.25) is 5.91 Å². The number of nitrogens with zero attached hydrogens (tertiary/aromatic N) is 2. The Balaban J connectivity index is 1.35. The fourth-order valence-corrected chi connectivity index (χ4v) is 3.43. The summed E-state index contributed by atoms with van der Waals surface area (Å²) in [6.07, 6.45) is 7.14. The van der Waals surface area contributed by atoms with E-state index in [-0.39, 0.29) is 0 Å². The highest BCUT2D eigenvalue weighted by Gasteiger charge is 2.32. The van der Waals surface area contributed by atoms with Gasteiger partial charge in [0.05, 0.1) is 0 Å². The van der Waals surface area contributed by atoms with Crippen molar-refractivity contribution in [3.8, 4) is 0 Å². The number of rotatable bonds is 4. The molecule has 0 radical (unpaired) electrons. The van der Waals surface area contributed by atoms with E-state index in [1.165, 1.54) is 25.7 Å². The first-order chi connectivity index (χ1) is 9.33. The molecular weight excluding hydrogens is 238 g/mol. The zero-order chi connectivity index (χ0) is 13.1. The maximum Gasteiger partial charge on any atom is 0.222 e. The normalized spacial score (nSPS) is 26.6. The minimum absolute atomic E-state index is 0.397. The lowest BCUT2D eigenvalue weighted by Crippen LogP contribution is -2.49. The number of amides is 1. The number of piperazine rings is 1. The lowest BCUT2D eigenvalue weighted by atomic mass is 9.93.